The Morgan fingerprint density at radius 3 is 1.58 bits per heavy atom. The van der Waals surface area contributed by atoms with Gasteiger partial charge in [-0.1, -0.05) is 97.3 Å². The molecule has 0 radical (unpaired) electrons. The molecule has 0 fully saturated rings. The molecule has 0 aromatic heterocycles. The molecule has 31 heavy (non-hydrogen) atoms. The molecule has 0 bridgehead atoms. The highest BCUT2D eigenvalue weighted by Crippen LogP contribution is 2.13. The van der Waals surface area contributed by atoms with Crippen LogP contribution in [0.2, 0.25) is 0 Å². The van der Waals surface area contributed by atoms with E-state index in [-0.39, 0.29) is 12.2 Å². The summed E-state index contributed by atoms with van der Waals surface area (Å²) in [6.07, 6.45) is 21.9. The third kappa shape index (κ3) is 24.3. The molecule has 0 heterocycles. The van der Waals surface area contributed by atoms with E-state index in [9.17, 15) is 0 Å². The summed E-state index contributed by atoms with van der Waals surface area (Å²) in [5.41, 5.74) is 0. The van der Waals surface area contributed by atoms with Crippen molar-refractivity contribution in [3.63, 3.8) is 0 Å². The van der Waals surface area contributed by atoms with Crippen LogP contribution in [0.3, 0.4) is 0 Å². The SMILES string of the molecule is CCCCCCCCCCCCCCCCOCCOC(C)CC(CC)OCCOC. The molecule has 0 aliphatic heterocycles. The Kier molecular flexibility index (Phi) is 26.0. The Bertz CT molecular complexity index is 324. The van der Waals surface area contributed by atoms with Gasteiger partial charge in [-0.15, -0.1) is 0 Å². The highest BCUT2D eigenvalue weighted by atomic mass is 16.5. The van der Waals surface area contributed by atoms with Gasteiger partial charge in [0.25, 0.3) is 0 Å². The first-order valence-electron chi connectivity index (χ1n) is 13.5. The summed E-state index contributed by atoms with van der Waals surface area (Å²) in [4.78, 5) is 0. The maximum atomic E-state index is 5.87. The van der Waals surface area contributed by atoms with E-state index in [0.29, 0.717) is 26.4 Å². The van der Waals surface area contributed by atoms with Gasteiger partial charge < -0.3 is 18.9 Å². The first-order chi connectivity index (χ1) is 15.2. The molecule has 2 unspecified atom stereocenters. The van der Waals surface area contributed by atoms with Crippen molar-refractivity contribution in [2.75, 3.05) is 40.1 Å². The van der Waals surface area contributed by atoms with Crippen LogP contribution in [0.15, 0.2) is 0 Å². The first-order valence-corrected chi connectivity index (χ1v) is 13.5. The predicted molar refractivity (Wildman–Crippen MR) is 133 cm³/mol. The molecule has 0 saturated carbocycles. The monoisotopic (exact) mass is 444 g/mol. The molecule has 0 aliphatic carbocycles. The zero-order chi connectivity index (χ0) is 22.8. The fourth-order valence-electron chi connectivity index (χ4n) is 3.90. The Hall–Kier alpha value is -0.160. The third-order valence-corrected chi connectivity index (χ3v) is 5.96. The minimum Gasteiger partial charge on any atom is -0.382 e. The normalized spacial score (nSPS) is 13.5. The summed E-state index contributed by atoms with van der Waals surface area (Å²) < 4.78 is 22.4. The van der Waals surface area contributed by atoms with E-state index >= 15 is 0 Å². The van der Waals surface area contributed by atoms with E-state index in [1.807, 2.05) is 0 Å². The highest BCUT2D eigenvalue weighted by Gasteiger charge is 2.12. The average molecular weight is 445 g/mol. The maximum absolute atomic E-state index is 5.87. The Morgan fingerprint density at radius 1 is 0.548 bits per heavy atom. The lowest BCUT2D eigenvalue weighted by atomic mass is 10.0. The topological polar surface area (TPSA) is 36.9 Å². The van der Waals surface area contributed by atoms with Crippen LogP contribution < -0.4 is 0 Å². The number of hydrogen-bond acceptors (Lipinski definition) is 4. The quantitative estimate of drug-likeness (QED) is 0.128. The summed E-state index contributed by atoms with van der Waals surface area (Å²) >= 11 is 0. The average Bonchev–Trinajstić information content (AvgIpc) is 2.77. The van der Waals surface area contributed by atoms with Crippen molar-refractivity contribution in [2.24, 2.45) is 0 Å². The molecule has 4 heteroatoms. The lowest BCUT2D eigenvalue weighted by Gasteiger charge is -2.20. The Morgan fingerprint density at radius 2 is 1.06 bits per heavy atom. The van der Waals surface area contributed by atoms with Crippen molar-refractivity contribution >= 4 is 0 Å². The van der Waals surface area contributed by atoms with Gasteiger partial charge in [-0.2, -0.15) is 0 Å². The maximum Gasteiger partial charge on any atom is 0.0704 e. The summed E-state index contributed by atoms with van der Waals surface area (Å²) in [6.45, 7) is 10.1. The van der Waals surface area contributed by atoms with Crippen molar-refractivity contribution in [1.82, 2.24) is 0 Å². The second-order valence-electron chi connectivity index (χ2n) is 9.02. The van der Waals surface area contributed by atoms with E-state index < -0.39 is 0 Å². The standard InChI is InChI=1S/C27H56O4/c1-5-7-8-9-10-11-12-13-14-15-16-17-18-19-20-29-22-24-30-26(3)25-27(6-2)31-23-21-28-4/h26-27H,5-25H2,1-4H3. The largest absolute Gasteiger partial charge is 0.382 e. The molecule has 0 saturated heterocycles. The second kappa shape index (κ2) is 26.1. The molecule has 0 aliphatic rings. The Balaban J connectivity index is 3.25. The van der Waals surface area contributed by atoms with Gasteiger partial charge in [0.05, 0.1) is 38.6 Å². The van der Waals surface area contributed by atoms with Gasteiger partial charge in [0.15, 0.2) is 0 Å². The minimum atomic E-state index is 0.206. The second-order valence-corrected chi connectivity index (χ2v) is 9.02. The lowest BCUT2D eigenvalue weighted by molar-refractivity contribution is -0.0380. The van der Waals surface area contributed by atoms with Crippen molar-refractivity contribution in [2.45, 2.75) is 136 Å². The minimum absolute atomic E-state index is 0.206. The number of rotatable bonds is 26. The number of hydrogen-bond donors (Lipinski definition) is 0. The molecule has 4 nitrogen and oxygen atoms in total. The van der Waals surface area contributed by atoms with Crippen molar-refractivity contribution in [3.05, 3.63) is 0 Å². The Labute approximate surface area is 195 Å². The van der Waals surface area contributed by atoms with Gasteiger partial charge in [0.2, 0.25) is 0 Å². The smallest absolute Gasteiger partial charge is 0.0704 e. The molecular weight excluding hydrogens is 388 g/mol. The van der Waals surface area contributed by atoms with Crippen LogP contribution in [0.5, 0.6) is 0 Å². The van der Waals surface area contributed by atoms with Gasteiger partial charge in [-0.25, -0.2) is 0 Å². The van der Waals surface area contributed by atoms with E-state index in [2.05, 4.69) is 20.8 Å². The van der Waals surface area contributed by atoms with Gasteiger partial charge >= 0.3 is 0 Å². The number of ether oxygens (including phenoxy) is 4. The van der Waals surface area contributed by atoms with Crippen molar-refractivity contribution in [1.29, 1.82) is 0 Å². The zero-order valence-electron chi connectivity index (χ0n) is 21.6. The zero-order valence-corrected chi connectivity index (χ0v) is 21.6. The van der Waals surface area contributed by atoms with E-state index in [1.165, 1.54) is 89.9 Å². The lowest BCUT2D eigenvalue weighted by Crippen LogP contribution is -2.23. The molecule has 188 valence electrons. The molecule has 0 N–H and O–H groups in total. The van der Waals surface area contributed by atoms with E-state index in [1.54, 1.807) is 7.11 Å². The highest BCUT2D eigenvalue weighted by molar-refractivity contribution is 4.61. The summed E-state index contributed by atoms with van der Waals surface area (Å²) in [6, 6.07) is 0. The number of methoxy groups -OCH3 is 1. The van der Waals surface area contributed by atoms with Crippen LogP contribution in [-0.4, -0.2) is 52.4 Å². The van der Waals surface area contributed by atoms with E-state index in [0.717, 1.165) is 19.4 Å². The summed E-state index contributed by atoms with van der Waals surface area (Å²) in [7, 11) is 1.70. The molecular formula is C27H56O4. The summed E-state index contributed by atoms with van der Waals surface area (Å²) in [5.74, 6) is 0. The van der Waals surface area contributed by atoms with Crippen LogP contribution in [0, 0.1) is 0 Å². The van der Waals surface area contributed by atoms with Crippen LogP contribution in [0.25, 0.3) is 0 Å². The molecule has 0 spiro atoms. The molecule has 2 atom stereocenters. The molecule has 0 aromatic carbocycles. The third-order valence-electron chi connectivity index (χ3n) is 5.96. The fourth-order valence-corrected chi connectivity index (χ4v) is 3.90. The van der Waals surface area contributed by atoms with Crippen LogP contribution >= 0.6 is 0 Å². The predicted octanol–water partition coefficient (Wildman–Crippen LogP) is 7.72. The molecule has 0 rings (SSSR count). The fraction of sp³-hybridized carbons (Fsp3) is 1.00. The van der Waals surface area contributed by atoms with Gasteiger partial charge in [0, 0.05) is 13.7 Å². The van der Waals surface area contributed by atoms with Crippen molar-refractivity contribution < 1.29 is 18.9 Å². The van der Waals surface area contributed by atoms with Crippen molar-refractivity contribution in [3.8, 4) is 0 Å². The van der Waals surface area contributed by atoms with Gasteiger partial charge in [-0.3, -0.25) is 0 Å². The first kappa shape index (κ1) is 30.8. The van der Waals surface area contributed by atoms with Crippen LogP contribution in [0.1, 0.15) is 124 Å². The van der Waals surface area contributed by atoms with Gasteiger partial charge in [-0.05, 0) is 26.2 Å². The molecule has 0 aromatic rings. The van der Waals surface area contributed by atoms with Crippen LogP contribution in [0.4, 0.5) is 0 Å². The van der Waals surface area contributed by atoms with Crippen LogP contribution in [-0.2, 0) is 18.9 Å². The van der Waals surface area contributed by atoms with E-state index in [4.69, 9.17) is 18.9 Å². The molecule has 0 amide bonds. The number of unbranched alkanes of at least 4 members (excludes halogenated alkanes) is 13. The van der Waals surface area contributed by atoms with Gasteiger partial charge in [0.1, 0.15) is 0 Å². The summed E-state index contributed by atoms with van der Waals surface area (Å²) in [5, 5.41) is 0.